The highest BCUT2D eigenvalue weighted by Gasteiger charge is 2.28. The van der Waals surface area contributed by atoms with Gasteiger partial charge in [-0.3, -0.25) is 14.6 Å². The fraction of sp³-hybridized carbons (Fsp3) is 0.632. The number of hydrogen-bond donors (Lipinski definition) is 1. The van der Waals surface area contributed by atoms with E-state index < -0.39 is 0 Å². The lowest BCUT2D eigenvalue weighted by molar-refractivity contribution is -0.122. The molecule has 6 heteroatoms. The fourth-order valence-corrected chi connectivity index (χ4v) is 3.68. The van der Waals surface area contributed by atoms with Crippen molar-refractivity contribution in [1.29, 1.82) is 0 Å². The molecule has 5 nitrogen and oxygen atoms in total. The van der Waals surface area contributed by atoms with Crippen LogP contribution in [0.2, 0.25) is 0 Å². The topological polar surface area (TPSA) is 44.8 Å². The smallest absolute Gasteiger partial charge is 0.234 e. The van der Waals surface area contributed by atoms with E-state index in [1.807, 2.05) is 0 Å². The minimum Gasteiger partial charge on any atom is -0.376 e. The number of hydrogen-bond acceptors (Lipinski definition) is 4. The van der Waals surface area contributed by atoms with Gasteiger partial charge in [-0.25, -0.2) is 4.39 Å². The van der Waals surface area contributed by atoms with Crippen molar-refractivity contribution in [2.24, 2.45) is 0 Å². The van der Waals surface area contributed by atoms with Crippen LogP contribution in [0.25, 0.3) is 0 Å². The van der Waals surface area contributed by atoms with Gasteiger partial charge in [-0.15, -0.1) is 0 Å². The molecule has 0 radical (unpaired) electrons. The maximum Gasteiger partial charge on any atom is 0.234 e. The fourth-order valence-electron chi connectivity index (χ4n) is 3.68. The van der Waals surface area contributed by atoms with Crippen LogP contribution in [-0.2, 0) is 16.1 Å². The molecule has 2 fully saturated rings. The molecule has 0 aliphatic carbocycles. The highest BCUT2D eigenvalue weighted by molar-refractivity contribution is 5.78. The van der Waals surface area contributed by atoms with Crippen molar-refractivity contribution in [3.63, 3.8) is 0 Å². The van der Waals surface area contributed by atoms with Crippen molar-refractivity contribution in [3.8, 4) is 0 Å². The molecule has 1 N–H and O–H groups in total. The SMILES string of the molecule is CC1CN(C2CCN(CC(=O)NCc3ccc(F)cc3)CC2)CCO1. The predicted molar refractivity (Wildman–Crippen MR) is 94.7 cm³/mol. The average molecular weight is 349 g/mol. The summed E-state index contributed by atoms with van der Waals surface area (Å²) in [6.07, 6.45) is 2.54. The van der Waals surface area contributed by atoms with Gasteiger partial charge in [-0.1, -0.05) is 12.1 Å². The van der Waals surface area contributed by atoms with E-state index in [2.05, 4.69) is 22.0 Å². The van der Waals surface area contributed by atoms with Crippen molar-refractivity contribution < 1.29 is 13.9 Å². The molecule has 2 heterocycles. The van der Waals surface area contributed by atoms with Crippen molar-refractivity contribution >= 4 is 5.91 Å². The van der Waals surface area contributed by atoms with Gasteiger partial charge in [0.15, 0.2) is 0 Å². The number of ether oxygens (including phenoxy) is 1. The lowest BCUT2D eigenvalue weighted by Gasteiger charge is -2.41. The summed E-state index contributed by atoms with van der Waals surface area (Å²) >= 11 is 0. The highest BCUT2D eigenvalue weighted by atomic mass is 19.1. The summed E-state index contributed by atoms with van der Waals surface area (Å²) in [5.41, 5.74) is 0.912. The zero-order valence-corrected chi connectivity index (χ0v) is 14.9. The molecule has 2 aliphatic heterocycles. The lowest BCUT2D eigenvalue weighted by atomic mass is 10.0. The summed E-state index contributed by atoms with van der Waals surface area (Å²) in [6.45, 7) is 7.80. The van der Waals surface area contributed by atoms with Gasteiger partial charge in [0.1, 0.15) is 5.82 Å². The Morgan fingerprint density at radius 3 is 2.64 bits per heavy atom. The molecule has 1 aromatic carbocycles. The largest absolute Gasteiger partial charge is 0.376 e. The van der Waals surface area contributed by atoms with Gasteiger partial charge in [0.25, 0.3) is 0 Å². The van der Waals surface area contributed by atoms with Crippen LogP contribution >= 0.6 is 0 Å². The molecule has 1 aromatic rings. The van der Waals surface area contributed by atoms with Crippen molar-refractivity contribution in [2.45, 2.75) is 38.5 Å². The minimum atomic E-state index is -0.257. The van der Waals surface area contributed by atoms with Crippen LogP contribution in [0.5, 0.6) is 0 Å². The molecular formula is C19H28FN3O2. The number of rotatable bonds is 5. The van der Waals surface area contributed by atoms with Gasteiger partial charge in [-0.2, -0.15) is 0 Å². The Balaban J connectivity index is 1.36. The van der Waals surface area contributed by atoms with E-state index in [1.165, 1.54) is 12.1 Å². The monoisotopic (exact) mass is 349 g/mol. The Morgan fingerprint density at radius 1 is 1.24 bits per heavy atom. The van der Waals surface area contributed by atoms with Crippen LogP contribution in [0.4, 0.5) is 4.39 Å². The molecule has 0 aromatic heterocycles. The highest BCUT2D eigenvalue weighted by Crippen LogP contribution is 2.19. The first-order valence-electron chi connectivity index (χ1n) is 9.19. The molecule has 0 saturated carbocycles. The van der Waals surface area contributed by atoms with Crippen molar-refractivity contribution in [2.75, 3.05) is 39.3 Å². The number of nitrogens with one attached hydrogen (secondary N) is 1. The van der Waals surface area contributed by atoms with Crippen LogP contribution in [-0.4, -0.2) is 67.2 Å². The Labute approximate surface area is 149 Å². The number of halogens is 1. The number of carbonyl (C=O) groups excluding carboxylic acids is 1. The molecule has 25 heavy (non-hydrogen) atoms. The molecule has 2 aliphatic rings. The molecular weight excluding hydrogens is 321 g/mol. The van der Waals surface area contributed by atoms with Crippen LogP contribution in [0.3, 0.4) is 0 Å². The Hall–Kier alpha value is -1.50. The lowest BCUT2D eigenvalue weighted by Crippen LogP contribution is -2.52. The van der Waals surface area contributed by atoms with Crippen molar-refractivity contribution in [1.82, 2.24) is 15.1 Å². The maximum absolute atomic E-state index is 12.9. The first-order valence-corrected chi connectivity index (χ1v) is 9.19. The van der Waals surface area contributed by atoms with E-state index in [-0.39, 0.29) is 11.7 Å². The number of nitrogens with zero attached hydrogens (tertiary/aromatic N) is 2. The van der Waals surface area contributed by atoms with Gasteiger partial charge >= 0.3 is 0 Å². The van der Waals surface area contributed by atoms with Crippen LogP contribution in [0, 0.1) is 5.82 Å². The van der Waals surface area contributed by atoms with Crippen molar-refractivity contribution in [3.05, 3.63) is 35.6 Å². The molecule has 1 atom stereocenters. The third-order valence-corrected chi connectivity index (χ3v) is 5.12. The number of amides is 1. The Morgan fingerprint density at radius 2 is 1.96 bits per heavy atom. The molecule has 3 rings (SSSR count). The van der Waals surface area contributed by atoms with Gasteiger partial charge in [0.2, 0.25) is 5.91 Å². The Kier molecular flexibility index (Phi) is 6.39. The average Bonchev–Trinajstić information content (AvgIpc) is 2.62. The molecule has 2 saturated heterocycles. The second-order valence-corrected chi connectivity index (χ2v) is 7.09. The molecule has 0 spiro atoms. The second-order valence-electron chi connectivity index (χ2n) is 7.09. The molecule has 138 valence electrons. The summed E-state index contributed by atoms with van der Waals surface area (Å²) in [5.74, 6) is -0.227. The zero-order valence-electron chi connectivity index (χ0n) is 14.9. The summed E-state index contributed by atoms with van der Waals surface area (Å²) in [5, 5.41) is 2.92. The van der Waals surface area contributed by atoms with Crippen LogP contribution in [0.15, 0.2) is 24.3 Å². The maximum atomic E-state index is 12.9. The van der Waals surface area contributed by atoms with E-state index >= 15 is 0 Å². The first kappa shape index (κ1) is 18.3. The van der Waals surface area contributed by atoms with E-state index in [1.54, 1.807) is 12.1 Å². The summed E-state index contributed by atoms with van der Waals surface area (Å²) in [4.78, 5) is 16.9. The normalized spacial score (nSPS) is 23.5. The molecule has 1 unspecified atom stereocenters. The van der Waals surface area contributed by atoms with Gasteiger partial charge in [0.05, 0.1) is 19.3 Å². The predicted octanol–water partition coefficient (Wildman–Crippen LogP) is 1.63. The number of carbonyl (C=O) groups is 1. The third-order valence-electron chi connectivity index (χ3n) is 5.12. The summed E-state index contributed by atoms with van der Waals surface area (Å²) in [6, 6.07) is 6.84. The standard InChI is InChI=1S/C19H28FN3O2/c1-15-13-23(10-11-25-15)18-6-8-22(9-7-18)14-19(24)21-12-16-2-4-17(20)5-3-16/h2-5,15,18H,6-14H2,1H3,(H,21,24). The molecule has 0 bridgehead atoms. The summed E-state index contributed by atoms with van der Waals surface area (Å²) < 4.78 is 18.5. The van der Waals surface area contributed by atoms with E-state index in [4.69, 9.17) is 4.74 Å². The zero-order chi connectivity index (χ0) is 17.6. The van der Waals surface area contributed by atoms with Gasteiger partial charge in [0, 0.05) is 38.8 Å². The first-order chi connectivity index (χ1) is 12.1. The minimum absolute atomic E-state index is 0.0303. The Bertz CT molecular complexity index is 558. The van der Waals surface area contributed by atoms with Gasteiger partial charge in [-0.05, 0) is 37.5 Å². The third kappa shape index (κ3) is 5.49. The summed E-state index contributed by atoms with van der Waals surface area (Å²) in [7, 11) is 0. The van der Waals surface area contributed by atoms with E-state index in [0.717, 1.165) is 51.2 Å². The molecule has 1 amide bonds. The number of benzene rings is 1. The van der Waals surface area contributed by atoms with E-state index in [9.17, 15) is 9.18 Å². The second kappa shape index (κ2) is 8.74. The quantitative estimate of drug-likeness (QED) is 0.878. The number of morpholine rings is 1. The van der Waals surface area contributed by atoms with E-state index in [0.29, 0.717) is 25.2 Å². The number of piperidine rings is 1. The number of likely N-dealkylation sites (tertiary alicyclic amines) is 1. The van der Waals surface area contributed by atoms with Gasteiger partial charge < -0.3 is 10.1 Å². The van der Waals surface area contributed by atoms with Crippen LogP contribution < -0.4 is 5.32 Å². The van der Waals surface area contributed by atoms with Crippen LogP contribution in [0.1, 0.15) is 25.3 Å².